The summed E-state index contributed by atoms with van der Waals surface area (Å²) < 4.78 is 37.4. The molecule has 0 unspecified atom stereocenters. The predicted molar refractivity (Wildman–Crippen MR) is 57.4 cm³/mol. The molecule has 1 aliphatic rings. The summed E-state index contributed by atoms with van der Waals surface area (Å²) in [6.45, 7) is 0.700. The zero-order valence-corrected chi connectivity index (χ0v) is 9.11. The van der Waals surface area contributed by atoms with Crippen molar-refractivity contribution in [3.63, 3.8) is 0 Å². The maximum atomic E-state index is 12.5. The van der Waals surface area contributed by atoms with Crippen molar-refractivity contribution in [3.05, 3.63) is 12.4 Å². The zero-order chi connectivity index (χ0) is 12.5. The summed E-state index contributed by atoms with van der Waals surface area (Å²) in [6, 6.07) is 0. The summed E-state index contributed by atoms with van der Waals surface area (Å²) in [7, 11) is 0. The Morgan fingerprint density at radius 3 is 2.29 bits per heavy atom. The van der Waals surface area contributed by atoms with Crippen LogP contribution >= 0.6 is 0 Å². The number of nitrogens with zero attached hydrogens (tertiary/aromatic N) is 3. The van der Waals surface area contributed by atoms with Crippen LogP contribution in [0.1, 0.15) is 12.8 Å². The van der Waals surface area contributed by atoms with Crippen molar-refractivity contribution < 1.29 is 13.2 Å². The Hall–Kier alpha value is -1.53. The second-order valence-corrected chi connectivity index (χ2v) is 4.10. The smallest absolute Gasteiger partial charge is 0.382 e. The number of hydrogen-bond donors (Lipinski definition) is 1. The molecule has 0 atom stereocenters. The minimum Gasteiger partial charge on any atom is -0.382 e. The van der Waals surface area contributed by atoms with Crippen LogP contribution in [0.2, 0.25) is 0 Å². The number of nitrogens with two attached hydrogens (primary N) is 1. The number of anilines is 2. The Kier molecular flexibility index (Phi) is 3.08. The molecule has 2 N–H and O–H groups in total. The maximum absolute atomic E-state index is 12.5. The van der Waals surface area contributed by atoms with E-state index in [4.69, 9.17) is 5.73 Å². The van der Waals surface area contributed by atoms with E-state index in [2.05, 4.69) is 9.97 Å². The van der Waals surface area contributed by atoms with Gasteiger partial charge in [-0.25, -0.2) is 9.97 Å². The molecule has 2 heterocycles. The summed E-state index contributed by atoms with van der Waals surface area (Å²) >= 11 is 0. The third kappa shape index (κ3) is 2.78. The van der Waals surface area contributed by atoms with E-state index < -0.39 is 12.1 Å². The largest absolute Gasteiger partial charge is 0.391 e. The van der Waals surface area contributed by atoms with Crippen LogP contribution in [-0.4, -0.2) is 29.2 Å². The number of rotatable bonds is 1. The fourth-order valence-corrected chi connectivity index (χ4v) is 1.93. The van der Waals surface area contributed by atoms with Crippen molar-refractivity contribution in [1.82, 2.24) is 9.97 Å². The van der Waals surface area contributed by atoms with E-state index >= 15 is 0 Å². The highest BCUT2D eigenvalue weighted by Gasteiger charge is 2.41. The lowest BCUT2D eigenvalue weighted by Crippen LogP contribution is -2.39. The van der Waals surface area contributed by atoms with Crippen molar-refractivity contribution in [3.8, 4) is 0 Å². The second-order valence-electron chi connectivity index (χ2n) is 4.10. The highest BCUT2D eigenvalue weighted by molar-refractivity contribution is 5.39. The first-order valence-corrected chi connectivity index (χ1v) is 5.36. The van der Waals surface area contributed by atoms with E-state index in [0.29, 0.717) is 24.7 Å². The van der Waals surface area contributed by atoms with Gasteiger partial charge in [0.1, 0.15) is 11.6 Å². The molecular formula is C10H13F3N4. The lowest BCUT2D eigenvalue weighted by atomic mass is 9.96. The van der Waals surface area contributed by atoms with Gasteiger partial charge in [-0.3, -0.25) is 0 Å². The average molecular weight is 246 g/mol. The highest BCUT2D eigenvalue weighted by atomic mass is 19.4. The van der Waals surface area contributed by atoms with E-state index in [1.807, 2.05) is 0 Å². The number of alkyl halides is 3. The molecule has 4 nitrogen and oxygen atoms in total. The van der Waals surface area contributed by atoms with Gasteiger partial charge in [0.05, 0.1) is 18.3 Å². The van der Waals surface area contributed by atoms with Gasteiger partial charge in [-0.2, -0.15) is 13.2 Å². The summed E-state index contributed by atoms with van der Waals surface area (Å²) in [5, 5.41) is 0. The number of halogens is 3. The standard InChI is InChI=1S/C10H13F3N4/c11-10(12,13)7-1-3-17(4-2-7)9-6-15-8(14)5-16-9/h5-7H,1-4H2,(H2,14,15). The van der Waals surface area contributed by atoms with Crippen LogP contribution in [0.15, 0.2) is 12.4 Å². The maximum Gasteiger partial charge on any atom is 0.391 e. The molecule has 1 fully saturated rings. The fraction of sp³-hybridized carbons (Fsp3) is 0.600. The molecule has 1 saturated heterocycles. The molecule has 1 aliphatic heterocycles. The van der Waals surface area contributed by atoms with Crippen LogP contribution in [0.5, 0.6) is 0 Å². The molecule has 0 bridgehead atoms. The molecular weight excluding hydrogens is 233 g/mol. The first-order chi connectivity index (χ1) is 7.97. The van der Waals surface area contributed by atoms with Crippen molar-refractivity contribution in [1.29, 1.82) is 0 Å². The number of hydrogen-bond acceptors (Lipinski definition) is 4. The summed E-state index contributed by atoms with van der Waals surface area (Å²) in [4.78, 5) is 9.72. The van der Waals surface area contributed by atoms with Gasteiger partial charge < -0.3 is 10.6 Å². The van der Waals surface area contributed by atoms with E-state index in [1.165, 1.54) is 12.4 Å². The van der Waals surface area contributed by atoms with Gasteiger partial charge >= 0.3 is 6.18 Å². The zero-order valence-electron chi connectivity index (χ0n) is 9.11. The molecule has 94 valence electrons. The third-order valence-corrected chi connectivity index (χ3v) is 2.94. The SMILES string of the molecule is Nc1cnc(N2CCC(C(F)(F)F)CC2)cn1. The normalized spacial score (nSPS) is 18.4. The average Bonchev–Trinajstić information content (AvgIpc) is 2.29. The first kappa shape index (κ1) is 11.9. The molecule has 0 amide bonds. The van der Waals surface area contributed by atoms with E-state index in [1.54, 1.807) is 4.90 Å². The van der Waals surface area contributed by atoms with Crippen molar-refractivity contribution in [2.24, 2.45) is 5.92 Å². The summed E-state index contributed by atoms with van der Waals surface area (Å²) in [6.07, 6.45) is -0.974. The van der Waals surface area contributed by atoms with Crippen LogP contribution in [0.25, 0.3) is 0 Å². The molecule has 0 spiro atoms. The Bertz CT molecular complexity index is 368. The second kappa shape index (κ2) is 4.38. The molecule has 0 saturated carbocycles. The molecule has 0 aromatic carbocycles. The Balaban J connectivity index is 1.97. The Labute approximate surface area is 96.7 Å². The molecule has 1 aromatic heterocycles. The molecule has 7 heteroatoms. The molecule has 0 aliphatic carbocycles. The van der Waals surface area contributed by atoms with Gasteiger partial charge in [0.25, 0.3) is 0 Å². The van der Waals surface area contributed by atoms with Gasteiger partial charge in [-0.1, -0.05) is 0 Å². The van der Waals surface area contributed by atoms with E-state index in [0.717, 1.165) is 0 Å². The number of aromatic nitrogens is 2. The van der Waals surface area contributed by atoms with Gasteiger partial charge in [0.15, 0.2) is 0 Å². The molecule has 17 heavy (non-hydrogen) atoms. The Morgan fingerprint density at radius 1 is 1.18 bits per heavy atom. The Morgan fingerprint density at radius 2 is 1.82 bits per heavy atom. The third-order valence-electron chi connectivity index (χ3n) is 2.94. The topological polar surface area (TPSA) is 55.0 Å². The van der Waals surface area contributed by atoms with Crippen molar-refractivity contribution in [2.75, 3.05) is 23.7 Å². The van der Waals surface area contributed by atoms with Crippen LogP contribution < -0.4 is 10.6 Å². The van der Waals surface area contributed by atoms with E-state index in [9.17, 15) is 13.2 Å². The molecule has 2 rings (SSSR count). The van der Waals surface area contributed by atoms with Crippen LogP contribution in [0, 0.1) is 5.92 Å². The van der Waals surface area contributed by atoms with E-state index in [-0.39, 0.29) is 12.8 Å². The predicted octanol–water partition coefficient (Wildman–Crippen LogP) is 1.84. The minimum atomic E-state index is -4.08. The molecule has 1 aromatic rings. The fourth-order valence-electron chi connectivity index (χ4n) is 1.93. The summed E-state index contributed by atoms with van der Waals surface area (Å²) in [5.74, 6) is -0.306. The van der Waals surface area contributed by atoms with Crippen LogP contribution in [0.3, 0.4) is 0 Å². The first-order valence-electron chi connectivity index (χ1n) is 5.36. The number of piperidine rings is 1. The quantitative estimate of drug-likeness (QED) is 0.821. The minimum absolute atomic E-state index is 0.107. The van der Waals surface area contributed by atoms with Crippen LogP contribution in [0.4, 0.5) is 24.8 Å². The monoisotopic (exact) mass is 246 g/mol. The number of nitrogen functional groups attached to an aromatic ring is 1. The van der Waals surface area contributed by atoms with Gasteiger partial charge in [0.2, 0.25) is 0 Å². The lowest BCUT2D eigenvalue weighted by Gasteiger charge is -2.33. The lowest BCUT2D eigenvalue weighted by molar-refractivity contribution is -0.179. The van der Waals surface area contributed by atoms with Crippen molar-refractivity contribution in [2.45, 2.75) is 19.0 Å². The van der Waals surface area contributed by atoms with Crippen LogP contribution in [-0.2, 0) is 0 Å². The van der Waals surface area contributed by atoms with Crippen molar-refractivity contribution >= 4 is 11.6 Å². The summed E-state index contributed by atoms with van der Waals surface area (Å²) in [5.41, 5.74) is 5.39. The van der Waals surface area contributed by atoms with Gasteiger partial charge in [-0.15, -0.1) is 0 Å². The molecule has 0 radical (unpaired) electrons. The van der Waals surface area contributed by atoms with Gasteiger partial charge in [0, 0.05) is 13.1 Å². The highest BCUT2D eigenvalue weighted by Crippen LogP contribution is 2.34. The van der Waals surface area contributed by atoms with Gasteiger partial charge in [-0.05, 0) is 12.8 Å².